The van der Waals surface area contributed by atoms with Gasteiger partial charge in [-0.15, -0.1) is 0 Å². The van der Waals surface area contributed by atoms with Crippen LogP contribution < -0.4 is 10.6 Å². The monoisotopic (exact) mass is 312 g/mol. The van der Waals surface area contributed by atoms with Crippen LogP contribution >= 0.6 is 0 Å². The van der Waals surface area contributed by atoms with Crippen LogP contribution in [0.4, 0.5) is 0 Å². The summed E-state index contributed by atoms with van der Waals surface area (Å²) < 4.78 is 0. The van der Waals surface area contributed by atoms with Crippen LogP contribution in [-0.4, -0.2) is 25.2 Å². The SMILES string of the molecule is CC(C)CCCNCCCCCC(C)(C)NCCCC(C)C. The lowest BCUT2D eigenvalue weighted by Gasteiger charge is -2.26. The summed E-state index contributed by atoms with van der Waals surface area (Å²) in [7, 11) is 0. The lowest BCUT2D eigenvalue weighted by Crippen LogP contribution is -2.39. The van der Waals surface area contributed by atoms with Crippen molar-refractivity contribution >= 4 is 0 Å². The normalized spacial score (nSPS) is 12.5. The summed E-state index contributed by atoms with van der Waals surface area (Å²) in [5, 5.41) is 7.30. The third kappa shape index (κ3) is 16.3. The van der Waals surface area contributed by atoms with Crippen molar-refractivity contribution in [2.45, 2.75) is 98.4 Å². The van der Waals surface area contributed by atoms with Gasteiger partial charge in [0.15, 0.2) is 0 Å². The summed E-state index contributed by atoms with van der Waals surface area (Å²) in [6, 6.07) is 0. The van der Waals surface area contributed by atoms with Crippen molar-refractivity contribution in [2.75, 3.05) is 19.6 Å². The van der Waals surface area contributed by atoms with E-state index < -0.39 is 0 Å². The summed E-state index contributed by atoms with van der Waals surface area (Å²) in [6.07, 6.45) is 10.6. The van der Waals surface area contributed by atoms with E-state index in [-0.39, 0.29) is 0 Å². The van der Waals surface area contributed by atoms with Gasteiger partial charge in [-0.1, -0.05) is 40.5 Å². The molecule has 22 heavy (non-hydrogen) atoms. The van der Waals surface area contributed by atoms with Crippen molar-refractivity contribution in [3.05, 3.63) is 0 Å². The largest absolute Gasteiger partial charge is 0.317 e. The van der Waals surface area contributed by atoms with Crippen LogP contribution in [0.25, 0.3) is 0 Å². The predicted molar refractivity (Wildman–Crippen MR) is 102 cm³/mol. The fraction of sp³-hybridized carbons (Fsp3) is 1.00. The molecule has 0 aromatic carbocycles. The van der Waals surface area contributed by atoms with Crippen LogP contribution in [-0.2, 0) is 0 Å². The number of hydrogen-bond acceptors (Lipinski definition) is 2. The van der Waals surface area contributed by atoms with Gasteiger partial charge >= 0.3 is 0 Å². The summed E-state index contributed by atoms with van der Waals surface area (Å²) in [5.74, 6) is 1.68. The molecule has 2 nitrogen and oxygen atoms in total. The molecule has 0 aliphatic heterocycles. The third-order valence-electron chi connectivity index (χ3n) is 4.35. The van der Waals surface area contributed by atoms with E-state index in [2.05, 4.69) is 52.2 Å². The molecule has 0 fully saturated rings. The summed E-state index contributed by atoms with van der Waals surface area (Å²) in [6.45, 7) is 17.5. The molecule has 0 aromatic heterocycles. The lowest BCUT2D eigenvalue weighted by atomic mass is 9.96. The minimum Gasteiger partial charge on any atom is -0.317 e. The van der Waals surface area contributed by atoms with E-state index in [1.165, 1.54) is 71.0 Å². The van der Waals surface area contributed by atoms with Crippen LogP contribution in [0.2, 0.25) is 0 Å². The van der Waals surface area contributed by atoms with Gasteiger partial charge in [-0.05, 0) is 83.8 Å². The zero-order valence-corrected chi connectivity index (χ0v) is 16.4. The first-order chi connectivity index (χ1) is 10.3. The van der Waals surface area contributed by atoms with Gasteiger partial charge < -0.3 is 10.6 Å². The van der Waals surface area contributed by atoms with Gasteiger partial charge in [-0.3, -0.25) is 0 Å². The van der Waals surface area contributed by atoms with E-state index in [4.69, 9.17) is 0 Å². The van der Waals surface area contributed by atoms with Gasteiger partial charge in [0.1, 0.15) is 0 Å². The van der Waals surface area contributed by atoms with E-state index >= 15 is 0 Å². The minimum atomic E-state index is 0.307. The fourth-order valence-electron chi connectivity index (χ4n) is 2.78. The Morgan fingerprint density at radius 1 is 0.682 bits per heavy atom. The smallest absolute Gasteiger partial charge is 0.0125 e. The molecule has 0 spiro atoms. The Bertz CT molecular complexity index is 234. The first kappa shape index (κ1) is 21.9. The molecular formula is C20H44N2. The summed E-state index contributed by atoms with van der Waals surface area (Å²) in [4.78, 5) is 0. The second-order valence-corrected chi connectivity index (χ2v) is 8.44. The molecule has 0 saturated carbocycles. The maximum Gasteiger partial charge on any atom is 0.0125 e. The molecule has 0 aliphatic carbocycles. The number of unbranched alkanes of at least 4 members (excludes halogenated alkanes) is 2. The molecule has 134 valence electrons. The molecule has 0 radical (unpaired) electrons. The van der Waals surface area contributed by atoms with Crippen molar-refractivity contribution in [2.24, 2.45) is 11.8 Å². The Morgan fingerprint density at radius 3 is 1.82 bits per heavy atom. The maximum absolute atomic E-state index is 3.73. The molecule has 2 N–H and O–H groups in total. The summed E-state index contributed by atoms with van der Waals surface area (Å²) >= 11 is 0. The molecule has 0 aliphatic rings. The fourth-order valence-corrected chi connectivity index (χ4v) is 2.78. The Balaban J connectivity index is 3.37. The van der Waals surface area contributed by atoms with Crippen molar-refractivity contribution in [3.8, 4) is 0 Å². The first-order valence-corrected chi connectivity index (χ1v) is 9.79. The molecule has 0 heterocycles. The van der Waals surface area contributed by atoms with Gasteiger partial charge in [0.2, 0.25) is 0 Å². The molecule has 2 heteroatoms. The van der Waals surface area contributed by atoms with Crippen molar-refractivity contribution in [3.63, 3.8) is 0 Å². The van der Waals surface area contributed by atoms with Gasteiger partial charge in [0.25, 0.3) is 0 Å². The Morgan fingerprint density at radius 2 is 1.23 bits per heavy atom. The Hall–Kier alpha value is -0.0800. The highest BCUT2D eigenvalue weighted by atomic mass is 14.9. The van der Waals surface area contributed by atoms with Crippen LogP contribution in [0.1, 0.15) is 92.9 Å². The molecule has 0 amide bonds. The van der Waals surface area contributed by atoms with Gasteiger partial charge in [0.05, 0.1) is 0 Å². The van der Waals surface area contributed by atoms with Crippen molar-refractivity contribution < 1.29 is 0 Å². The Kier molecular flexibility index (Phi) is 13.3. The molecular weight excluding hydrogens is 268 g/mol. The molecule has 0 aromatic rings. The van der Waals surface area contributed by atoms with Crippen LogP contribution in [0, 0.1) is 11.8 Å². The zero-order chi connectivity index (χ0) is 16.8. The topological polar surface area (TPSA) is 24.1 Å². The number of hydrogen-bond donors (Lipinski definition) is 2. The Labute approximate surface area is 141 Å². The standard InChI is InChI=1S/C20H44N2/c1-18(2)12-10-16-21-15-9-7-8-14-20(5,6)22-17-11-13-19(3)4/h18-19,21-22H,7-17H2,1-6H3. The molecule has 0 atom stereocenters. The van der Waals surface area contributed by atoms with Crippen LogP contribution in [0.15, 0.2) is 0 Å². The van der Waals surface area contributed by atoms with Gasteiger partial charge in [-0.2, -0.15) is 0 Å². The first-order valence-electron chi connectivity index (χ1n) is 9.79. The van der Waals surface area contributed by atoms with Crippen LogP contribution in [0.5, 0.6) is 0 Å². The van der Waals surface area contributed by atoms with Crippen molar-refractivity contribution in [1.29, 1.82) is 0 Å². The molecule has 0 saturated heterocycles. The molecule has 0 bridgehead atoms. The van der Waals surface area contributed by atoms with E-state index in [1.54, 1.807) is 0 Å². The van der Waals surface area contributed by atoms with E-state index in [9.17, 15) is 0 Å². The number of nitrogens with one attached hydrogen (secondary N) is 2. The van der Waals surface area contributed by atoms with Crippen molar-refractivity contribution in [1.82, 2.24) is 10.6 Å². The second-order valence-electron chi connectivity index (χ2n) is 8.44. The quantitative estimate of drug-likeness (QED) is 0.397. The highest BCUT2D eigenvalue weighted by molar-refractivity contribution is 4.77. The van der Waals surface area contributed by atoms with Gasteiger partial charge in [-0.25, -0.2) is 0 Å². The average molecular weight is 313 g/mol. The summed E-state index contributed by atoms with van der Waals surface area (Å²) in [5.41, 5.74) is 0.307. The van der Waals surface area contributed by atoms with Gasteiger partial charge in [0, 0.05) is 5.54 Å². The predicted octanol–water partition coefficient (Wildman–Crippen LogP) is 5.38. The second kappa shape index (κ2) is 13.4. The minimum absolute atomic E-state index is 0.307. The molecule has 0 unspecified atom stereocenters. The average Bonchev–Trinajstić information content (AvgIpc) is 2.41. The zero-order valence-electron chi connectivity index (χ0n) is 16.4. The maximum atomic E-state index is 3.73. The number of rotatable bonds is 15. The van der Waals surface area contributed by atoms with Crippen LogP contribution in [0.3, 0.4) is 0 Å². The molecule has 0 rings (SSSR count). The third-order valence-corrected chi connectivity index (χ3v) is 4.35. The highest BCUT2D eigenvalue weighted by Gasteiger charge is 2.15. The van der Waals surface area contributed by atoms with E-state index in [0.717, 1.165) is 11.8 Å². The lowest BCUT2D eigenvalue weighted by molar-refractivity contribution is 0.340. The highest BCUT2D eigenvalue weighted by Crippen LogP contribution is 2.14. The van der Waals surface area contributed by atoms with E-state index in [1.807, 2.05) is 0 Å². The van der Waals surface area contributed by atoms with E-state index in [0.29, 0.717) is 5.54 Å².